The fourth-order valence-corrected chi connectivity index (χ4v) is 3.51. The molecular weight excluding hydrogens is 441 g/mol. The molecule has 2 saturated heterocycles. The molecule has 0 aromatic heterocycles. The molecule has 0 saturated carbocycles. The van der Waals surface area contributed by atoms with Crippen LogP contribution >= 0.6 is 24.0 Å². The van der Waals surface area contributed by atoms with Crippen LogP contribution in [-0.4, -0.2) is 67.7 Å². The number of nitrogens with zero attached hydrogens (tertiary/aromatic N) is 4. The Bertz CT molecular complexity index is 639. The highest BCUT2D eigenvalue weighted by atomic mass is 127. The molecule has 1 N–H and O–H groups in total. The largest absolute Gasteiger partial charge is 0.379 e. The summed E-state index contributed by atoms with van der Waals surface area (Å²) >= 11 is 0. The molecule has 0 spiro atoms. The Hall–Kier alpha value is -1.37. The van der Waals surface area contributed by atoms with Crippen LogP contribution in [0.3, 0.4) is 0 Å². The van der Waals surface area contributed by atoms with Crippen molar-refractivity contribution < 1.29 is 4.74 Å². The van der Waals surface area contributed by atoms with Crippen molar-refractivity contribution in [1.82, 2.24) is 15.1 Å². The van der Waals surface area contributed by atoms with Gasteiger partial charge in [0.05, 0.1) is 31.4 Å². The van der Waals surface area contributed by atoms with E-state index in [-0.39, 0.29) is 24.0 Å². The number of likely N-dealkylation sites (tertiary alicyclic amines) is 1. The Morgan fingerprint density at radius 2 is 2.15 bits per heavy atom. The van der Waals surface area contributed by atoms with Gasteiger partial charge in [-0.25, -0.2) is 4.99 Å². The Labute approximate surface area is 173 Å². The minimum Gasteiger partial charge on any atom is -0.379 e. The van der Waals surface area contributed by atoms with Gasteiger partial charge in [-0.1, -0.05) is 12.1 Å². The van der Waals surface area contributed by atoms with Gasteiger partial charge >= 0.3 is 0 Å². The summed E-state index contributed by atoms with van der Waals surface area (Å²) in [6, 6.07) is 10.5. The van der Waals surface area contributed by atoms with Crippen molar-refractivity contribution in [2.24, 2.45) is 4.99 Å². The van der Waals surface area contributed by atoms with Crippen LogP contribution in [-0.2, 0) is 11.3 Å². The van der Waals surface area contributed by atoms with Gasteiger partial charge in [0.1, 0.15) is 0 Å². The molecule has 1 unspecified atom stereocenters. The number of nitriles is 1. The van der Waals surface area contributed by atoms with Gasteiger partial charge in [0.25, 0.3) is 0 Å². The van der Waals surface area contributed by atoms with Gasteiger partial charge in [0, 0.05) is 38.8 Å². The predicted octanol–water partition coefficient (Wildman–Crippen LogP) is 2.05. The van der Waals surface area contributed by atoms with Crippen molar-refractivity contribution in [3.05, 3.63) is 35.4 Å². The second kappa shape index (κ2) is 10.7. The normalized spacial score (nSPS) is 21.2. The number of morpholine rings is 1. The second-order valence-electron chi connectivity index (χ2n) is 6.52. The Morgan fingerprint density at radius 3 is 2.88 bits per heavy atom. The Kier molecular flexibility index (Phi) is 8.62. The molecule has 0 bridgehead atoms. The zero-order valence-electron chi connectivity index (χ0n) is 15.4. The molecule has 1 aromatic carbocycles. The number of nitrogens with one attached hydrogen (secondary N) is 1. The van der Waals surface area contributed by atoms with Crippen molar-refractivity contribution in [1.29, 1.82) is 5.26 Å². The zero-order chi connectivity index (χ0) is 17.5. The standard InChI is InChI=1S/C19H27N5O.HI/c1-2-21-19(22-14-17-5-3-4-16(12-17)13-20)24-7-6-18(15-24)23-8-10-25-11-9-23;/h3-5,12,18H,2,6-11,14-15H2,1H3,(H,21,22);1H. The van der Waals surface area contributed by atoms with E-state index in [9.17, 15) is 0 Å². The molecule has 142 valence electrons. The first kappa shape index (κ1) is 20.9. The smallest absolute Gasteiger partial charge is 0.194 e. The van der Waals surface area contributed by atoms with Crippen LogP contribution in [0.5, 0.6) is 0 Å². The summed E-state index contributed by atoms with van der Waals surface area (Å²) in [5.41, 5.74) is 1.75. The van der Waals surface area contributed by atoms with Crippen LogP contribution in [0.2, 0.25) is 0 Å². The summed E-state index contributed by atoms with van der Waals surface area (Å²) < 4.78 is 5.46. The number of ether oxygens (including phenoxy) is 1. The Morgan fingerprint density at radius 1 is 1.35 bits per heavy atom. The maximum absolute atomic E-state index is 9.03. The molecule has 1 aromatic rings. The van der Waals surface area contributed by atoms with E-state index >= 15 is 0 Å². The summed E-state index contributed by atoms with van der Waals surface area (Å²) in [6.45, 7) is 9.37. The lowest BCUT2D eigenvalue weighted by Crippen LogP contribution is -2.46. The molecule has 7 heteroatoms. The number of rotatable bonds is 4. The third-order valence-electron chi connectivity index (χ3n) is 4.83. The number of benzene rings is 1. The van der Waals surface area contributed by atoms with Gasteiger partial charge in [-0.3, -0.25) is 4.90 Å². The average Bonchev–Trinajstić information content (AvgIpc) is 3.16. The highest BCUT2D eigenvalue weighted by Crippen LogP contribution is 2.17. The van der Waals surface area contributed by atoms with E-state index in [0.717, 1.165) is 57.5 Å². The second-order valence-corrected chi connectivity index (χ2v) is 6.52. The summed E-state index contributed by atoms with van der Waals surface area (Å²) in [7, 11) is 0. The van der Waals surface area contributed by atoms with Gasteiger partial charge in [0.2, 0.25) is 0 Å². The maximum atomic E-state index is 9.03. The molecule has 1 atom stereocenters. The van der Waals surface area contributed by atoms with Crippen molar-refractivity contribution in [3.8, 4) is 6.07 Å². The third kappa shape index (κ3) is 5.56. The number of aliphatic imine (C=N–C) groups is 1. The van der Waals surface area contributed by atoms with E-state index in [1.54, 1.807) is 0 Å². The molecule has 26 heavy (non-hydrogen) atoms. The molecule has 0 amide bonds. The van der Waals surface area contributed by atoms with E-state index in [4.69, 9.17) is 15.0 Å². The van der Waals surface area contributed by atoms with Crippen molar-refractivity contribution >= 4 is 29.9 Å². The minimum atomic E-state index is 0. The van der Waals surface area contributed by atoms with Gasteiger partial charge in [0.15, 0.2) is 5.96 Å². The predicted molar refractivity (Wildman–Crippen MR) is 114 cm³/mol. The highest BCUT2D eigenvalue weighted by molar-refractivity contribution is 14.0. The minimum absolute atomic E-state index is 0. The van der Waals surface area contributed by atoms with Crippen LogP contribution in [0, 0.1) is 11.3 Å². The lowest BCUT2D eigenvalue weighted by atomic mass is 10.1. The molecule has 2 heterocycles. The fourth-order valence-electron chi connectivity index (χ4n) is 3.51. The van der Waals surface area contributed by atoms with Crippen molar-refractivity contribution in [3.63, 3.8) is 0 Å². The number of guanidine groups is 1. The zero-order valence-corrected chi connectivity index (χ0v) is 17.7. The van der Waals surface area contributed by atoms with Gasteiger partial charge in [-0.15, -0.1) is 24.0 Å². The van der Waals surface area contributed by atoms with Crippen LogP contribution < -0.4 is 5.32 Å². The molecule has 3 rings (SSSR count). The molecule has 6 nitrogen and oxygen atoms in total. The number of halogens is 1. The summed E-state index contributed by atoms with van der Waals surface area (Å²) in [6.07, 6.45) is 1.17. The molecule has 2 aliphatic rings. The Balaban J connectivity index is 0.00000243. The van der Waals surface area contributed by atoms with E-state index in [2.05, 4.69) is 28.1 Å². The molecule has 2 aliphatic heterocycles. The maximum Gasteiger partial charge on any atom is 0.194 e. The molecular formula is C19H28IN5O. The van der Waals surface area contributed by atoms with Gasteiger partial charge < -0.3 is 15.0 Å². The average molecular weight is 469 g/mol. The SMILES string of the molecule is CCNC(=NCc1cccc(C#N)c1)N1CCC(N2CCOCC2)C1.I. The first-order valence-corrected chi connectivity index (χ1v) is 9.14. The highest BCUT2D eigenvalue weighted by Gasteiger charge is 2.30. The summed E-state index contributed by atoms with van der Waals surface area (Å²) in [5.74, 6) is 0.973. The monoisotopic (exact) mass is 469 g/mol. The molecule has 2 fully saturated rings. The van der Waals surface area contributed by atoms with E-state index in [0.29, 0.717) is 18.2 Å². The van der Waals surface area contributed by atoms with E-state index in [1.807, 2.05) is 24.3 Å². The number of hydrogen-bond acceptors (Lipinski definition) is 4. The van der Waals surface area contributed by atoms with Crippen molar-refractivity contribution in [2.75, 3.05) is 45.9 Å². The van der Waals surface area contributed by atoms with Crippen LogP contribution in [0.25, 0.3) is 0 Å². The first-order chi connectivity index (χ1) is 12.3. The first-order valence-electron chi connectivity index (χ1n) is 9.14. The van der Waals surface area contributed by atoms with Crippen molar-refractivity contribution in [2.45, 2.75) is 25.9 Å². The van der Waals surface area contributed by atoms with Crippen LogP contribution in [0.4, 0.5) is 0 Å². The molecule has 0 radical (unpaired) electrons. The fraction of sp³-hybridized carbons (Fsp3) is 0.579. The topological polar surface area (TPSA) is 63.9 Å². The van der Waals surface area contributed by atoms with Crippen LogP contribution in [0.1, 0.15) is 24.5 Å². The lowest BCUT2D eigenvalue weighted by molar-refractivity contribution is 0.0195. The molecule has 0 aliphatic carbocycles. The lowest BCUT2D eigenvalue weighted by Gasteiger charge is -2.32. The summed E-state index contributed by atoms with van der Waals surface area (Å²) in [5, 5.41) is 12.4. The summed E-state index contributed by atoms with van der Waals surface area (Å²) in [4.78, 5) is 9.70. The van der Waals surface area contributed by atoms with Gasteiger partial charge in [-0.05, 0) is 31.0 Å². The third-order valence-corrected chi connectivity index (χ3v) is 4.83. The van der Waals surface area contributed by atoms with E-state index in [1.165, 1.54) is 6.42 Å². The van der Waals surface area contributed by atoms with Crippen LogP contribution in [0.15, 0.2) is 29.3 Å². The van der Waals surface area contributed by atoms with E-state index < -0.39 is 0 Å². The quantitative estimate of drug-likeness (QED) is 0.416. The van der Waals surface area contributed by atoms with Gasteiger partial charge in [-0.2, -0.15) is 5.26 Å². The number of hydrogen-bond donors (Lipinski definition) is 1.